The highest BCUT2D eigenvalue weighted by Gasteiger charge is 2.40. The van der Waals surface area contributed by atoms with Crippen LogP contribution in [0, 0.1) is 5.92 Å². The summed E-state index contributed by atoms with van der Waals surface area (Å²) in [6, 6.07) is 11.0. The van der Waals surface area contributed by atoms with Crippen molar-refractivity contribution in [1.82, 2.24) is 5.32 Å². The molecule has 21 heavy (non-hydrogen) atoms. The number of hydrogen-bond acceptors (Lipinski definition) is 3. The summed E-state index contributed by atoms with van der Waals surface area (Å²) in [5.74, 6) is 3.94. The SMILES string of the molecule is CNCC(CC1CCOC2(CCSC2)C1)c1ccccc1. The van der Waals surface area contributed by atoms with E-state index in [1.807, 2.05) is 0 Å². The second kappa shape index (κ2) is 7.17. The fraction of sp³-hybridized carbons (Fsp3) is 0.667. The van der Waals surface area contributed by atoms with E-state index in [0.29, 0.717) is 5.92 Å². The van der Waals surface area contributed by atoms with Gasteiger partial charge in [0.25, 0.3) is 0 Å². The molecular weight excluding hydrogens is 278 g/mol. The van der Waals surface area contributed by atoms with Crippen LogP contribution in [0.3, 0.4) is 0 Å². The molecule has 3 rings (SSSR count). The molecule has 2 nitrogen and oxygen atoms in total. The Bertz CT molecular complexity index is 430. The predicted octanol–water partition coefficient (Wildman–Crippen LogP) is 3.68. The summed E-state index contributed by atoms with van der Waals surface area (Å²) in [5, 5.41) is 3.38. The van der Waals surface area contributed by atoms with E-state index < -0.39 is 0 Å². The number of likely N-dealkylation sites (N-methyl/N-ethyl adjacent to an activating group) is 1. The summed E-state index contributed by atoms with van der Waals surface area (Å²) in [4.78, 5) is 0. The van der Waals surface area contributed by atoms with Gasteiger partial charge in [0, 0.05) is 18.9 Å². The maximum atomic E-state index is 6.17. The molecule has 1 spiro atoms. The van der Waals surface area contributed by atoms with Crippen molar-refractivity contribution in [2.75, 3.05) is 31.7 Å². The minimum atomic E-state index is 0.217. The molecule has 3 unspecified atom stereocenters. The zero-order valence-electron chi connectivity index (χ0n) is 13.0. The molecule has 0 aromatic heterocycles. The lowest BCUT2D eigenvalue weighted by molar-refractivity contribution is -0.0813. The van der Waals surface area contributed by atoms with Crippen molar-refractivity contribution in [3.05, 3.63) is 35.9 Å². The highest BCUT2D eigenvalue weighted by Crippen LogP contribution is 2.42. The van der Waals surface area contributed by atoms with Gasteiger partial charge in [0.15, 0.2) is 0 Å². The molecule has 1 aromatic carbocycles. The van der Waals surface area contributed by atoms with Gasteiger partial charge in [0.1, 0.15) is 0 Å². The Balaban J connectivity index is 1.65. The van der Waals surface area contributed by atoms with E-state index in [-0.39, 0.29) is 5.60 Å². The summed E-state index contributed by atoms with van der Waals surface area (Å²) in [6.45, 7) is 2.04. The van der Waals surface area contributed by atoms with Gasteiger partial charge in [0.2, 0.25) is 0 Å². The van der Waals surface area contributed by atoms with E-state index in [0.717, 1.165) is 19.1 Å². The van der Waals surface area contributed by atoms with Crippen molar-refractivity contribution in [2.24, 2.45) is 5.92 Å². The maximum Gasteiger partial charge on any atom is 0.0783 e. The quantitative estimate of drug-likeness (QED) is 0.896. The predicted molar refractivity (Wildman–Crippen MR) is 91.1 cm³/mol. The Morgan fingerprint density at radius 3 is 2.95 bits per heavy atom. The number of ether oxygens (including phenoxy) is 1. The molecular formula is C18H27NOS. The van der Waals surface area contributed by atoms with Gasteiger partial charge in [-0.05, 0) is 55.9 Å². The van der Waals surface area contributed by atoms with Crippen molar-refractivity contribution in [3.8, 4) is 0 Å². The summed E-state index contributed by atoms with van der Waals surface area (Å²) in [7, 11) is 2.06. The van der Waals surface area contributed by atoms with E-state index in [2.05, 4.69) is 54.5 Å². The molecule has 2 aliphatic rings. The van der Waals surface area contributed by atoms with Crippen molar-refractivity contribution in [3.63, 3.8) is 0 Å². The number of nitrogens with one attached hydrogen (secondary N) is 1. The lowest BCUT2D eigenvalue weighted by Crippen LogP contribution is -2.40. The first-order chi connectivity index (χ1) is 10.3. The molecule has 2 aliphatic heterocycles. The van der Waals surface area contributed by atoms with Gasteiger partial charge < -0.3 is 10.1 Å². The lowest BCUT2D eigenvalue weighted by Gasteiger charge is -2.39. The molecule has 0 saturated carbocycles. The largest absolute Gasteiger partial charge is 0.374 e. The highest BCUT2D eigenvalue weighted by atomic mass is 32.2. The Kier molecular flexibility index (Phi) is 5.25. The lowest BCUT2D eigenvalue weighted by atomic mass is 9.79. The molecule has 2 saturated heterocycles. The highest BCUT2D eigenvalue weighted by molar-refractivity contribution is 7.99. The van der Waals surface area contributed by atoms with Crippen LogP contribution in [-0.4, -0.2) is 37.3 Å². The Morgan fingerprint density at radius 1 is 1.38 bits per heavy atom. The molecule has 3 heteroatoms. The van der Waals surface area contributed by atoms with Gasteiger partial charge >= 0.3 is 0 Å². The van der Waals surface area contributed by atoms with Crippen molar-refractivity contribution < 1.29 is 4.74 Å². The van der Waals surface area contributed by atoms with Crippen LogP contribution < -0.4 is 5.32 Å². The molecule has 2 fully saturated rings. The zero-order chi connectivity index (χ0) is 14.5. The normalized spacial score (nSPS) is 30.6. The number of benzene rings is 1. The number of hydrogen-bond donors (Lipinski definition) is 1. The molecule has 0 bridgehead atoms. The third-order valence-electron chi connectivity index (χ3n) is 5.00. The second-order valence-electron chi connectivity index (χ2n) is 6.59. The van der Waals surface area contributed by atoms with Crippen molar-refractivity contribution >= 4 is 11.8 Å². The van der Waals surface area contributed by atoms with Crippen LogP contribution in [0.2, 0.25) is 0 Å². The van der Waals surface area contributed by atoms with E-state index in [4.69, 9.17) is 4.74 Å². The molecule has 116 valence electrons. The first-order valence-corrected chi connectivity index (χ1v) is 9.38. The average molecular weight is 305 g/mol. The number of rotatable bonds is 5. The molecule has 0 radical (unpaired) electrons. The van der Waals surface area contributed by atoms with Crippen LogP contribution in [0.1, 0.15) is 37.2 Å². The third-order valence-corrected chi connectivity index (χ3v) is 6.22. The third kappa shape index (κ3) is 3.82. The van der Waals surface area contributed by atoms with Gasteiger partial charge in [-0.25, -0.2) is 0 Å². The average Bonchev–Trinajstić information content (AvgIpc) is 2.95. The van der Waals surface area contributed by atoms with Crippen LogP contribution in [-0.2, 0) is 4.74 Å². The van der Waals surface area contributed by atoms with E-state index >= 15 is 0 Å². The number of thioether (sulfide) groups is 1. The maximum absolute atomic E-state index is 6.17. The van der Waals surface area contributed by atoms with E-state index in [1.165, 1.54) is 42.8 Å². The monoisotopic (exact) mass is 305 g/mol. The van der Waals surface area contributed by atoms with Crippen molar-refractivity contribution in [2.45, 2.75) is 37.2 Å². The molecule has 3 atom stereocenters. The van der Waals surface area contributed by atoms with Crippen LogP contribution >= 0.6 is 11.8 Å². The molecule has 0 aliphatic carbocycles. The molecule has 2 heterocycles. The zero-order valence-corrected chi connectivity index (χ0v) is 13.8. The standard InChI is InChI=1S/C18H27NOS/c1-19-13-17(16-5-3-2-4-6-16)11-15-7-9-20-18(12-15)8-10-21-14-18/h2-6,15,17,19H,7-14H2,1H3. The minimum absolute atomic E-state index is 0.217. The molecule has 1 N–H and O–H groups in total. The van der Waals surface area contributed by atoms with Gasteiger partial charge in [-0.15, -0.1) is 0 Å². The van der Waals surface area contributed by atoms with Crippen LogP contribution in [0.4, 0.5) is 0 Å². The first kappa shape index (κ1) is 15.4. The molecule has 1 aromatic rings. The second-order valence-corrected chi connectivity index (χ2v) is 7.70. The minimum Gasteiger partial charge on any atom is -0.374 e. The van der Waals surface area contributed by atoms with Crippen LogP contribution in [0.25, 0.3) is 0 Å². The Morgan fingerprint density at radius 2 is 2.24 bits per heavy atom. The summed E-state index contributed by atoms with van der Waals surface area (Å²) in [6.07, 6.45) is 5.06. The summed E-state index contributed by atoms with van der Waals surface area (Å²) >= 11 is 2.07. The van der Waals surface area contributed by atoms with Gasteiger partial charge in [-0.3, -0.25) is 0 Å². The summed E-state index contributed by atoms with van der Waals surface area (Å²) in [5.41, 5.74) is 1.70. The van der Waals surface area contributed by atoms with E-state index in [1.54, 1.807) is 0 Å². The Hall–Kier alpha value is -0.510. The smallest absolute Gasteiger partial charge is 0.0783 e. The summed E-state index contributed by atoms with van der Waals surface area (Å²) < 4.78 is 6.17. The fourth-order valence-electron chi connectivity index (χ4n) is 3.90. The topological polar surface area (TPSA) is 21.3 Å². The van der Waals surface area contributed by atoms with Crippen molar-refractivity contribution in [1.29, 1.82) is 0 Å². The first-order valence-electron chi connectivity index (χ1n) is 8.22. The van der Waals surface area contributed by atoms with Gasteiger partial charge in [-0.1, -0.05) is 30.3 Å². The molecule has 0 amide bonds. The van der Waals surface area contributed by atoms with Gasteiger partial charge in [-0.2, -0.15) is 11.8 Å². The van der Waals surface area contributed by atoms with Gasteiger partial charge in [0.05, 0.1) is 5.60 Å². The fourth-order valence-corrected chi connectivity index (χ4v) is 5.28. The Labute approximate surface area is 133 Å². The van der Waals surface area contributed by atoms with Crippen LogP contribution in [0.5, 0.6) is 0 Å². The van der Waals surface area contributed by atoms with Crippen LogP contribution in [0.15, 0.2) is 30.3 Å². The van der Waals surface area contributed by atoms with E-state index in [9.17, 15) is 0 Å².